The van der Waals surface area contributed by atoms with Gasteiger partial charge in [-0.05, 0) is 13.0 Å². The van der Waals surface area contributed by atoms with Gasteiger partial charge in [-0.15, -0.1) is 6.42 Å². The van der Waals surface area contributed by atoms with Crippen LogP contribution in [0, 0.1) is 18.3 Å². The molecule has 0 saturated heterocycles. The van der Waals surface area contributed by atoms with Crippen molar-refractivity contribution in [3.63, 3.8) is 0 Å². The highest BCUT2D eigenvalue weighted by molar-refractivity contribution is 5.94. The number of hydrogen-bond acceptors (Lipinski definition) is 2. The Morgan fingerprint density at radius 1 is 1.73 bits per heavy atom. The van der Waals surface area contributed by atoms with Crippen molar-refractivity contribution >= 4 is 5.91 Å². The molecule has 1 heterocycles. The van der Waals surface area contributed by atoms with E-state index in [4.69, 9.17) is 6.42 Å². The van der Waals surface area contributed by atoms with Crippen LogP contribution >= 0.6 is 0 Å². The fourth-order valence-electron chi connectivity index (χ4n) is 1.16. The molecular formula is C11H11FN2O. The van der Waals surface area contributed by atoms with E-state index in [1.54, 1.807) is 0 Å². The Kier molecular flexibility index (Phi) is 3.81. The molecule has 1 aromatic heterocycles. The number of hydrogen-bond donors (Lipinski definition) is 0. The third kappa shape index (κ3) is 2.78. The van der Waals surface area contributed by atoms with Crippen molar-refractivity contribution in [2.24, 2.45) is 0 Å². The average molecular weight is 206 g/mol. The van der Waals surface area contributed by atoms with Crippen LogP contribution in [0.5, 0.6) is 0 Å². The molecule has 4 heteroatoms. The summed E-state index contributed by atoms with van der Waals surface area (Å²) in [5.74, 6) is 1.43. The molecule has 0 fully saturated rings. The van der Waals surface area contributed by atoms with Crippen molar-refractivity contribution < 1.29 is 9.18 Å². The second-order valence-electron chi connectivity index (χ2n) is 2.89. The van der Waals surface area contributed by atoms with Crippen LogP contribution < -0.4 is 0 Å². The van der Waals surface area contributed by atoms with E-state index in [1.165, 1.54) is 17.2 Å². The largest absolute Gasteiger partial charge is 0.328 e. The summed E-state index contributed by atoms with van der Waals surface area (Å²) in [4.78, 5) is 16.6. The molecule has 78 valence electrons. The zero-order valence-corrected chi connectivity index (χ0v) is 8.40. The summed E-state index contributed by atoms with van der Waals surface area (Å²) in [7, 11) is 0. The molecule has 0 atom stereocenters. The van der Waals surface area contributed by atoms with Gasteiger partial charge in [-0.3, -0.25) is 4.79 Å². The van der Waals surface area contributed by atoms with Crippen LogP contribution in [0.1, 0.15) is 17.3 Å². The van der Waals surface area contributed by atoms with Crippen molar-refractivity contribution in [1.29, 1.82) is 0 Å². The van der Waals surface area contributed by atoms with Crippen LogP contribution in [0.15, 0.2) is 18.3 Å². The third-order valence-corrected chi connectivity index (χ3v) is 1.92. The first-order valence-electron chi connectivity index (χ1n) is 4.53. The summed E-state index contributed by atoms with van der Waals surface area (Å²) in [6.07, 6.45) is 6.38. The van der Waals surface area contributed by atoms with Crippen LogP contribution in [-0.4, -0.2) is 28.9 Å². The van der Waals surface area contributed by atoms with E-state index in [0.29, 0.717) is 6.54 Å². The highest BCUT2D eigenvalue weighted by Gasteiger charge is 2.13. The maximum atomic E-state index is 12.8. The number of rotatable bonds is 3. The maximum Gasteiger partial charge on any atom is 0.254 e. The first-order valence-corrected chi connectivity index (χ1v) is 4.53. The number of nitrogens with zero attached hydrogens (tertiary/aromatic N) is 2. The summed E-state index contributed by atoms with van der Waals surface area (Å²) in [5, 5.41) is 0. The van der Waals surface area contributed by atoms with Crippen molar-refractivity contribution in [3.05, 3.63) is 29.8 Å². The lowest BCUT2D eigenvalue weighted by atomic mass is 10.2. The second-order valence-corrected chi connectivity index (χ2v) is 2.89. The lowest BCUT2D eigenvalue weighted by molar-refractivity contribution is 0.0784. The van der Waals surface area contributed by atoms with Gasteiger partial charge in [-0.25, -0.2) is 4.98 Å². The van der Waals surface area contributed by atoms with Gasteiger partial charge in [0, 0.05) is 24.4 Å². The molecule has 0 radical (unpaired) electrons. The molecule has 0 bridgehead atoms. The summed E-state index contributed by atoms with van der Waals surface area (Å²) in [5.41, 5.74) is 0.264. The van der Waals surface area contributed by atoms with Crippen LogP contribution in [0.4, 0.5) is 4.39 Å². The number of pyridine rings is 1. The highest BCUT2D eigenvalue weighted by Crippen LogP contribution is 2.05. The molecule has 0 unspecified atom stereocenters. The molecule has 0 aliphatic heterocycles. The van der Waals surface area contributed by atoms with Gasteiger partial charge in [-0.2, -0.15) is 4.39 Å². The van der Waals surface area contributed by atoms with Gasteiger partial charge in [0.25, 0.3) is 5.91 Å². The smallest absolute Gasteiger partial charge is 0.254 e. The Morgan fingerprint density at radius 2 is 2.47 bits per heavy atom. The first kappa shape index (κ1) is 11.2. The summed E-state index contributed by atoms with van der Waals surface area (Å²) in [6, 6.07) is 2.56. The number of terminal acetylenes is 1. The fourth-order valence-corrected chi connectivity index (χ4v) is 1.16. The van der Waals surface area contributed by atoms with Gasteiger partial charge in [-0.1, -0.05) is 5.92 Å². The van der Waals surface area contributed by atoms with Gasteiger partial charge in [0.15, 0.2) is 0 Å². The van der Waals surface area contributed by atoms with Crippen molar-refractivity contribution in [3.8, 4) is 12.3 Å². The molecule has 0 aliphatic rings. The van der Waals surface area contributed by atoms with E-state index in [-0.39, 0.29) is 18.0 Å². The Labute approximate surface area is 87.9 Å². The third-order valence-electron chi connectivity index (χ3n) is 1.92. The summed E-state index contributed by atoms with van der Waals surface area (Å²) in [6.45, 7) is 2.53. The topological polar surface area (TPSA) is 33.2 Å². The number of carbonyl (C=O) groups is 1. The molecule has 0 N–H and O–H groups in total. The number of halogens is 1. The van der Waals surface area contributed by atoms with Gasteiger partial charge in [0.2, 0.25) is 5.95 Å². The van der Waals surface area contributed by atoms with Gasteiger partial charge >= 0.3 is 0 Å². The van der Waals surface area contributed by atoms with Crippen LogP contribution in [-0.2, 0) is 0 Å². The lowest BCUT2D eigenvalue weighted by Gasteiger charge is -2.17. The Morgan fingerprint density at radius 3 is 3.00 bits per heavy atom. The quantitative estimate of drug-likeness (QED) is 0.552. The molecular weight excluding hydrogens is 195 g/mol. The van der Waals surface area contributed by atoms with E-state index in [9.17, 15) is 9.18 Å². The molecule has 0 spiro atoms. The second kappa shape index (κ2) is 5.11. The Hall–Kier alpha value is -1.89. The number of aromatic nitrogens is 1. The molecule has 0 aromatic carbocycles. The van der Waals surface area contributed by atoms with Crippen LogP contribution in [0.25, 0.3) is 0 Å². The molecule has 1 aromatic rings. The zero-order chi connectivity index (χ0) is 11.3. The predicted molar refractivity (Wildman–Crippen MR) is 54.6 cm³/mol. The first-order chi connectivity index (χ1) is 7.19. The molecule has 1 amide bonds. The summed E-state index contributed by atoms with van der Waals surface area (Å²) < 4.78 is 12.8. The van der Waals surface area contributed by atoms with Crippen molar-refractivity contribution in [2.45, 2.75) is 6.92 Å². The van der Waals surface area contributed by atoms with Crippen molar-refractivity contribution in [2.75, 3.05) is 13.1 Å². The molecule has 3 nitrogen and oxygen atoms in total. The number of amides is 1. The Balaban J connectivity index is 2.88. The molecule has 1 rings (SSSR count). The molecule has 15 heavy (non-hydrogen) atoms. The monoisotopic (exact) mass is 206 g/mol. The van der Waals surface area contributed by atoms with E-state index in [1.807, 2.05) is 6.92 Å². The summed E-state index contributed by atoms with van der Waals surface area (Å²) >= 11 is 0. The van der Waals surface area contributed by atoms with E-state index >= 15 is 0 Å². The van der Waals surface area contributed by atoms with Crippen molar-refractivity contribution in [1.82, 2.24) is 9.88 Å². The maximum absolute atomic E-state index is 12.8. The van der Waals surface area contributed by atoms with Crippen LogP contribution in [0.3, 0.4) is 0 Å². The normalized spacial score (nSPS) is 9.40. The van der Waals surface area contributed by atoms with Gasteiger partial charge < -0.3 is 4.90 Å². The average Bonchev–Trinajstić information content (AvgIpc) is 2.25. The molecule has 0 aliphatic carbocycles. The minimum Gasteiger partial charge on any atom is -0.328 e. The lowest BCUT2D eigenvalue weighted by Crippen LogP contribution is -2.31. The SMILES string of the molecule is C#CCN(CC)C(=O)c1ccnc(F)c1. The van der Waals surface area contributed by atoms with Gasteiger partial charge in [0.05, 0.1) is 6.54 Å². The predicted octanol–water partition coefficient (Wildman–Crippen LogP) is 1.32. The zero-order valence-electron chi connectivity index (χ0n) is 8.40. The highest BCUT2D eigenvalue weighted by atomic mass is 19.1. The van der Waals surface area contributed by atoms with Gasteiger partial charge in [0.1, 0.15) is 0 Å². The van der Waals surface area contributed by atoms with E-state index in [0.717, 1.165) is 6.07 Å². The molecule has 0 saturated carbocycles. The minimum absolute atomic E-state index is 0.222. The standard InChI is InChI=1S/C11H11FN2O/c1-3-7-14(4-2)11(15)9-5-6-13-10(12)8-9/h1,5-6,8H,4,7H2,2H3. The van der Waals surface area contributed by atoms with E-state index in [2.05, 4.69) is 10.9 Å². The Bertz CT molecular complexity index is 398. The van der Waals surface area contributed by atoms with Crippen LogP contribution in [0.2, 0.25) is 0 Å². The van der Waals surface area contributed by atoms with E-state index < -0.39 is 5.95 Å². The fraction of sp³-hybridized carbons (Fsp3) is 0.273. The minimum atomic E-state index is -0.669. The number of carbonyl (C=O) groups excluding carboxylic acids is 1.